The Morgan fingerprint density at radius 1 is 1.10 bits per heavy atom. The first-order valence-electron chi connectivity index (χ1n) is 6.92. The minimum absolute atomic E-state index is 0.0694. The lowest BCUT2D eigenvalue weighted by molar-refractivity contribution is -0.135. The zero-order chi connectivity index (χ0) is 15.9. The second-order valence-electron chi connectivity index (χ2n) is 4.49. The van der Waals surface area contributed by atoms with Gasteiger partial charge in [0.05, 0.1) is 0 Å². The topological polar surface area (TPSA) is 80.0 Å². The molecule has 21 heavy (non-hydrogen) atoms. The van der Waals surface area contributed by atoms with Crippen molar-refractivity contribution in [3.8, 4) is 0 Å². The first-order valence-corrected chi connectivity index (χ1v) is 6.92. The van der Waals surface area contributed by atoms with E-state index in [0.717, 1.165) is 13.1 Å². The molecule has 1 heterocycles. The monoisotopic (exact) mass is 306 g/mol. The fourth-order valence-electron chi connectivity index (χ4n) is 1.76. The van der Waals surface area contributed by atoms with Gasteiger partial charge in [0.1, 0.15) is 0 Å². The van der Waals surface area contributed by atoms with E-state index in [1.54, 1.807) is 0 Å². The molecule has 120 valence electrons. The number of nitrogens with two attached hydrogens (primary N) is 1. The van der Waals surface area contributed by atoms with Gasteiger partial charge in [-0.15, -0.1) is 0 Å². The zero-order valence-electron chi connectivity index (χ0n) is 12.2. The third-order valence-electron chi connectivity index (χ3n) is 2.86. The Labute approximate surface area is 122 Å². The predicted molar refractivity (Wildman–Crippen MR) is 76.2 cm³/mol. The Hall–Kier alpha value is -1.80. The maximum atomic E-state index is 12.0. The van der Waals surface area contributed by atoms with Crippen molar-refractivity contribution in [1.82, 2.24) is 15.0 Å². The quantitative estimate of drug-likeness (QED) is 0.718. The summed E-state index contributed by atoms with van der Waals surface area (Å²) in [5.41, 5.74) is 5.62. The number of unbranched alkanes of at least 4 members (excludes halogenated alkanes) is 1. The van der Waals surface area contributed by atoms with Gasteiger partial charge in [0.15, 0.2) is 0 Å². The van der Waals surface area contributed by atoms with Gasteiger partial charge in [0, 0.05) is 26.1 Å². The van der Waals surface area contributed by atoms with Crippen LogP contribution in [-0.4, -0.2) is 40.8 Å². The summed E-state index contributed by atoms with van der Waals surface area (Å²) in [6.45, 7) is 5.74. The average molecular weight is 306 g/mol. The van der Waals surface area contributed by atoms with Crippen LogP contribution in [0, 0.1) is 0 Å². The summed E-state index contributed by atoms with van der Waals surface area (Å²) in [5.74, 6) is 0.839. The van der Waals surface area contributed by atoms with E-state index in [1.807, 2.05) is 18.7 Å². The van der Waals surface area contributed by atoms with Crippen molar-refractivity contribution in [2.75, 3.05) is 35.6 Å². The number of rotatable bonds is 8. The summed E-state index contributed by atoms with van der Waals surface area (Å²) in [6.07, 6.45) is -4.43. The van der Waals surface area contributed by atoms with Gasteiger partial charge in [-0.2, -0.15) is 28.1 Å². The largest absolute Gasteiger partial charge is 0.389 e. The summed E-state index contributed by atoms with van der Waals surface area (Å²) in [7, 11) is 0. The maximum absolute atomic E-state index is 12.0. The Balaban J connectivity index is 2.52. The summed E-state index contributed by atoms with van der Waals surface area (Å²) < 4.78 is 36.0. The van der Waals surface area contributed by atoms with E-state index in [0.29, 0.717) is 18.9 Å². The lowest BCUT2D eigenvalue weighted by Gasteiger charge is -2.19. The van der Waals surface area contributed by atoms with Crippen LogP contribution < -0.4 is 16.0 Å². The Morgan fingerprint density at radius 2 is 1.76 bits per heavy atom. The van der Waals surface area contributed by atoms with E-state index in [4.69, 9.17) is 5.73 Å². The Kier molecular flexibility index (Phi) is 6.44. The summed E-state index contributed by atoms with van der Waals surface area (Å²) in [4.78, 5) is 14.1. The molecule has 0 amide bonds. The lowest BCUT2D eigenvalue weighted by Crippen LogP contribution is -2.25. The second-order valence-corrected chi connectivity index (χ2v) is 4.49. The molecule has 0 spiro atoms. The first kappa shape index (κ1) is 17.3. The minimum Gasteiger partial charge on any atom is -0.368 e. The number of hydrogen-bond acceptors (Lipinski definition) is 6. The molecule has 0 aliphatic rings. The molecule has 0 unspecified atom stereocenters. The molecule has 1 aromatic rings. The van der Waals surface area contributed by atoms with Gasteiger partial charge >= 0.3 is 6.18 Å². The maximum Gasteiger partial charge on any atom is 0.389 e. The number of nitrogen functional groups attached to an aromatic ring is 1. The molecular formula is C12H21F3N6. The fourth-order valence-corrected chi connectivity index (χ4v) is 1.76. The molecule has 1 aromatic heterocycles. The van der Waals surface area contributed by atoms with E-state index < -0.39 is 12.6 Å². The molecule has 0 aromatic carbocycles. The molecule has 0 fully saturated rings. The minimum atomic E-state index is -4.10. The number of nitrogens with zero attached hydrogens (tertiary/aromatic N) is 4. The first-order chi connectivity index (χ1) is 9.85. The van der Waals surface area contributed by atoms with Crippen LogP contribution in [0.2, 0.25) is 0 Å². The van der Waals surface area contributed by atoms with Crippen molar-refractivity contribution in [1.29, 1.82) is 0 Å². The van der Waals surface area contributed by atoms with Gasteiger partial charge in [0.25, 0.3) is 0 Å². The van der Waals surface area contributed by atoms with Crippen LogP contribution in [0.4, 0.5) is 31.0 Å². The van der Waals surface area contributed by atoms with E-state index in [2.05, 4.69) is 20.3 Å². The van der Waals surface area contributed by atoms with Crippen molar-refractivity contribution in [3.05, 3.63) is 0 Å². The highest BCUT2D eigenvalue weighted by Crippen LogP contribution is 2.22. The van der Waals surface area contributed by atoms with Crippen LogP contribution in [0.25, 0.3) is 0 Å². The van der Waals surface area contributed by atoms with E-state index in [1.165, 1.54) is 0 Å². The molecule has 0 saturated heterocycles. The van der Waals surface area contributed by atoms with Crippen LogP contribution in [0.1, 0.15) is 33.1 Å². The lowest BCUT2D eigenvalue weighted by atomic mass is 10.2. The SMILES string of the molecule is CCN(CC)c1nc(N)nc(NCCCCC(F)(F)F)n1. The highest BCUT2D eigenvalue weighted by atomic mass is 19.4. The number of aromatic nitrogens is 3. The van der Waals surface area contributed by atoms with Crippen molar-refractivity contribution in [2.45, 2.75) is 39.3 Å². The molecule has 9 heteroatoms. The molecule has 6 nitrogen and oxygen atoms in total. The number of nitrogens with one attached hydrogen (secondary N) is 1. The van der Waals surface area contributed by atoms with Crippen molar-refractivity contribution in [2.24, 2.45) is 0 Å². The van der Waals surface area contributed by atoms with E-state index in [-0.39, 0.29) is 18.3 Å². The van der Waals surface area contributed by atoms with Gasteiger partial charge in [-0.25, -0.2) is 0 Å². The molecular weight excluding hydrogens is 285 g/mol. The van der Waals surface area contributed by atoms with Crippen LogP contribution in [-0.2, 0) is 0 Å². The third-order valence-corrected chi connectivity index (χ3v) is 2.86. The smallest absolute Gasteiger partial charge is 0.368 e. The average Bonchev–Trinajstić information content (AvgIpc) is 2.38. The van der Waals surface area contributed by atoms with Gasteiger partial charge in [-0.05, 0) is 26.7 Å². The second kappa shape index (κ2) is 7.84. The number of alkyl halides is 3. The van der Waals surface area contributed by atoms with Crippen molar-refractivity contribution >= 4 is 17.8 Å². The Bertz CT molecular complexity index is 433. The van der Waals surface area contributed by atoms with Crippen molar-refractivity contribution in [3.63, 3.8) is 0 Å². The van der Waals surface area contributed by atoms with E-state index >= 15 is 0 Å². The standard InChI is InChI=1S/C12H21F3N6/c1-3-21(4-2)11-19-9(16)18-10(20-11)17-8-6-5-7-12(13,14)15/h3-8H2,1-2H3,(H3,16,17,18,19,20). The molecule has 0 atom stereocenters. The molecule has 0 bridgehead atoms. The van der Waals surface area contributed by atoms with E-state index in [9.17, 15) is 13.2 Å². The zero-order valence-corrected chi connectivity index (χ0v) is 12.2. The molecule has 0 saturated carbocycles. The van der Waals surface area contributed by atoms with Crippen LogP contribution >= 0.6 is 0 Å². The van der Waals surface area contributed by atoms with Gasteiger partial charge in [-0.1, -0.05) is 0 Å². The Morgan fingerprint density at radius 3 is 2.33 bits per heavy atom. The highest BCUT2D eigenvalue weighted by Gasteiger charge is 2.25. The molecule has 0 radical (unpaired) electrons. The van der Waals surface area contributed by atoms with Gasteiger partial charge < -0.3 is 16.0 Å². The number of hydrogen-bond donors (Lipinski definition) is 2. The van der Waals surface area contributed by atoms with Gasteiger partial charge in [0.2, 0.25) is 17.8 Å². The van der Waals surface area contributed by atoms with Gasteiger partial charge in [-0.3, -0.25) is 0 Å². The van der Waals surface area contributed by atoms with Crippen LogP contribution in [0.3, 0.4) is 0 Å². The fraction of sp³-hybridized carbons (Fsp3) is 0.750. The summed E-state index contributed by atoms with van der Waals surface area (Å²) in [6, 6.07) is 0. The van der Waals surface area contributed by atoms with Crippen LogP contribution in [0.15, 0.2) is 0 Å². The predicted octanol–water partition coefficient (Wildman–Crippen LogP) is 2.44. The number of anilines is 3. The summed E-state index contributed by atoms with van der Waals surface area (Å²) in [5, 5.41) is 2.88. The molecule has 1 rings (SSSR count). The normalized spacial score (nSPS) is 11.5. The highest BCUT2D eigenvalue weighted by molar-refractivity contribution is 5.41. The molecule has 3 N–H and O–H groups in total. The summed E-state index contributed by atoms with van der Waals surface area (Å²) >= 11 is 0. The molecule has 0 aliphatic heterocycles. The van der Waals surface area contributed by atoms with Crippen molar-refractivity contribution < 1.29 is 13.2 Å². The number of halogens is 3. The van der Waals surface area contributed by atoms with Crippen LogP contribution in [0.5, 0.6) is 0 Å². The molecule has 0 aliphatic carbocycles. The third kappa shape index (κ3) is 6.46.